The maximum absolute atomic E-state index is 6.45. The van der Waals surface area contributed by atoms with Crippen LogP contribution in [0.1, 0.15) is 0 Å². The zero-order chi connectivity index (χ0) is 28.3. The molecule has 9 rings (SSSR count). The fourth-order valence-electron chi connectivity index (χ4n) is 5.79. The molecule has 7 nitrogen and oxygen atoms in total. The molecule has 0 bridgehead atoms. The summed E-state index contributed by atoms with van der Waals surface area (Å²) >= 11 is 0. The number of nitrogens with zero attached hydrogens (tertiary/aromatic N) is 6. The lowest BCUT2D eigenvalue weighted by Gasteiger charge is -2.10. The van der Waals surface area contributed by atoms with Gasteiger partial charge in [-0.15, -0.1) is 0 Å². The molecule has 4 aromatic heterocycles. The van der Waals surface area contributed by atoms with Crippen molar-refractivity contribution in [2.24, 2.45) is 0 Å². The minimum Gasteiger partial charge on any atom is -0.437 e. The summed E-state index contributed by atoms with van der Waals surface area (Å²) in [5.41, 5.74) is 8.24. The first-order valence-corrected chi connectivity index (χ1v) is 14.1. The van der Waals surface area contributed by atoms with Gasteiger partial charge in [0.25, 0.3) is 0 Å². The van der Waals surface area contributed by atoms with E-state index in [2.05, 4.69) is 48.5 Å². The molecule has 5 aromatic carbocycles. The highest BCUT2D eigenvalue weighted by molar-refractivity contribution is 6.05. The molecule has 0 aliphatic rings. The molecule has 0 aliphatic carbocycles. The fourth-order valence-corrected chi connectivity index (χ4v) is 5.79. The number of furan rings is 1. The van der Waals surface area contributed by atoms with Gasteiger partial charge >= 0.3 is 0 Å². The van der Waals surface area contributed by atoms with Gasteiger partial charge in [-0.1, -0.05) is 109 Å². The average molecular weight is 555 g/mol. The van der Waals surface area contributed by atoms with E-state index in [-0.39, 0.29) is 0 Å². The molecule has 4 heterocycles. The first-order valence-electron chi connectivity index (χ1n) is 14.1. The standard InChI is InChI=1S/C36H22N6O/c1-3-11-23(12-4-1)24-19-21-26(22-20-24)33-38-32(25-13-5-2-6-14-25)39-35(40-33)42-31-27-15-7-10-18-30(27)43-34(31)41-29-17-9-8-16-28(29)37-36(41)42/h1-22H. The van der Waals surface area contributed by atoms with E-state index >= 15 is 0 Å². The molecule has 0 saturated carbocycles. The van der Waals surface area contributed by atoms with Crippen molar-refractivity contribution in [3.05, 3.63) is 133 Å². The van der Waals surface area contributed by atoms with Crippen LogP contribution in [0.25, 0.3) is 78.9 Å². The van der Waals surface area contributed by atoms with Crippen LogP contribution >= 0.6 is 0 Å². The van der Waals surface area contributed by atoms with Crippen LogP contribution in [0.15, 0.2) is 138 Å². The van der Waals surface area contributed by atoms with Crippen LogP contribution < -0.4 is 0 Å². The first-order chi connectivity index (χ1) is 21.3. The van der Waals surface area contributed by atoms with Gasteiger partial charge in [0.2, 0.25) is 17.4 Å². The Morgan fingerprint density at radius 1 is 0.488 bits per heavy atom. The second-order valence-electron chi connectivity index (χ2n) is 10.4. The Bertz CT molecular complexity index is 2440. The van der Waals surface area contributed by atoms with E-state index in [0.717, 1.165) is 49.8 Å². The minimum absolute atomic E-state index is 0.470. The van der Waals surface area contributed by atoms with Crippen LogP contribution in [0.3, 0.4) is 0 Å². The molecule has 0 N–H and O–H groups in total. The lowest BCUT2D eigenvalue weighted by Crippen LogP contribution is -2.07. The van der Waals surface area contributed by atoms with Crippen molar-refractivity contribution < 1.29 is 4.42 Å². The highest BCUT2D eigenvalue weighted by Gasteiger charge is 2.25. The van der Waals surface area contributed by atoms with E-state index in [0.29, 0.717) is 29.1 Å². The van der Waals surface area contributed by atoms with Gasteiger partial charge in [0.15, 0.2) is 11.6 Å². The van der Waals surface area contributed by atoms with Gasteiger partial charge in [-0.05, 0) is 35.4 Å². The topological polar surface area (TPSA) is 74.0 Å². The molecule has 0 aliphatic heterocycles. The predicted molar refractivity (Wildman–Crippen MR) is 169 cm³/mol. The third kappa shape index (κ3) is 3.68. The van der Waals surface area contributed by atoms with Gasteiger partial charge < -0.3 is 4.42 Å². The van der Waals surface area contributed by atoms with Crippen molar-refractivity contribution in [1.82, 2.24) is 28.9 Å². The molecule has 0 saturated heterocycles. The van der Waals surface area contributed by atoms with Crippen molar-refractivity contribution in [1.29, 1.82) is 0 Å². The molecular weight excluding hydrogens is 532 g/mol. The molecule has 202 valence electrons. The number of aromatic nitrogens is 6. The molecule has 0 amide bonds. The lowest BCUT2D eigenvalue weighted by molar-refractivity contribution is 0.651. The van der Waals surface area contributed by atoms with Crippen LogP contribution in [0, 0.1) is 0 Å². The zero-order valence-electron chi connectivity index (χ0n) is 22.8. The third-order valence-electron chi connectivity index (χ3n) is 7.83. The minimum atomic E-state index is 0.470. The second kappa shape index (κ2) is 9.22. The summed E-state index contributed by atoms with van der Waals surface area (Å²) in [6.07, 6.45) is 0. The van der Waals surface area contributed by atoms with Crippen molar-refractivity contribution in [3.8, 4) is 39.9 Å². The number of para-hydroxylation sites is 3. The van der Waals surface area contributed by atoms with Crippen LogP contribution in [-0.4, -0.2) is 28.9 Å². The van der Waals surface area contributed by atoms with Crippen molar-refractivity contribution in [2.75, 3.05) is 0 Å². The molecule has 0 fully saturated rings. The molecule has 0 unspecified atom stereocenters. The Balaban J connectivity index is 1.33. The molecule has 9 aromatic rings. The van der Waals surface area contributed by atoms with Crippen molar-refractivity contribution in [3.63, 3.8) is 0 Å². The van der Waals surface area contributed by atoms with Crippen LogP contribution in [0.2, 0.25) is 0 Å². The molecule has 0 radical (unpaired) electrons. The van der Waals surface area contributed by atoms with E-state index in [9.17, 15) is 0 Å². The molecule has 0 spiro atoms. The smallest absolute Gasteiger partial charge is 0.241 e. The first kappa shape index (κ1) is 23.6. The molecule has 43 heavy (non-hydrogen) atoms. The van der Waals surface area contributed by atoms with Gasteiger partial charge in [0.1, 0.15) is 11.1 Å². The Labute approximate surface area is 245 Å². The summed E-state index contributed by atoms with van der Waals surface area (Å²) in [7, 11) is 0. The normalized spacial score (nSPS) is 11.7. The summed E-state index contributed by atoms with van der Waals surface area (Å²) in [5.74, 6) is 2.30. The monoisotopic (exact) mass is 554 g/mol. The fraction of sp³-hybridized carbons (Fsp3) is 0. The largest absolute Gasteiger partial charge is 0.437 e. The van der Waals surface area contributed by atoms with E-state index in [1.165, 1.54) is 0 Å². The second-order valence-corrected chi connectivity index (χ2v) is 10.4. The number of hydrogen-bond acceptors (Lipinski definition) is 5. The van der Waals surface area contributed by atoms with Crippen molar-refractivity contribution >= 4 is 39.0 Å². The summed E-state index contributed by atoms with van der Waals surface area (Å²) in [6.45, 7) is 0. The van der Waals surface area contributed by atoms with E-state index in [1.807, 2.05) is 93.9 Å². The summed E-state index contributed by atoms with van der Waals surface area (Å²) < 4.78 is 10.5. The quantitative estimate of drug-likeness (QED) is 0.219. The van der Waals surface area contributed by atoms with Gasteiger partial charge in [0.05, 0.1) is 11.0 Å². The zero-order valence-corrected chi connectivity index (χ0v) is 22.8. The predicted octanol–water partition coefficient (Wildman–Crippen LogP) is 8.36. The van der Waals surface area contributed by atoms with Gasteiger partial charge in [0, 0.05) is 16.5 Å². The summed E-state index contributed by atoms with van der Waals surface area (Å²) in [4.78, 5) is 20.1. The molecule has 7 heteroatoms. The number of rotatable bonds is 4. The van der Waals surface area contributed by atoms with Crippen molar-refractivity contribution in [2.45, 2.75) is 0 Å². The van der Waals surface area contributed by atoms with Crippen LogP contribution in [0.4, 0.5) is 0 Å². The SMILES string of the molecule is c1ccc(-c2ccc(-c3nc(-c4ccccc4)nc(-n4c5c6ccccc6oc5n5c6ccccc6nc45)n3)cc2)cc1. The third-order valence-corrected chi connectivity index (χ3v) is 7.83. The van der Waals surface area contributed by atoms with Gasteiger partial charge in [-0.25, -0.2) is 18.9 Å². The summed E-state index contributed by atoms with van der Waals surface area (Å²) in [5, 5.41) is 0.961. The van der Waals surface area contributed by atoms with E-state index in [4.69, 9.17) is 24.4 Å². The number of fused-ring (bicyclic) bond motifs is 7. The maximum Gasteiger partial charge on any atom is 0.241 e. The number of imidazole rings is 2. The summed E-state index contributed by atoms with van der Waals surface area (Å²) in [6, 6.07) is 44.7. The highest BCUT2D eigenvalue weighted by atomic mass is 16.3. The maximum atomic E-state index is 6.45. The average Bonchev–Trinajstić information content (AvgIpc) is 3.73. The number of hydrogen-bond donors (Lipinski definition) is 0. The Morgan fingerprint density at radius 2 is 1.07 bits per heavy atom. The highest BCUT2D eigenvalue weighted by Crippen LogP contribution is 2.36. The Morgan fingerprint density at radius 3 is 1.84 bits per heavy atom. The lowest BCUT2D eigenvalue weighted by atomic mass is 10.0. The van der Waals surface area contributed by atoms with Crippen LogP contribution in [-0.2, 0) is 0 Å². The Kier molecular flexibility index (Phi) is 5.06. The van der Waals surface area contributed by atoms with E-state index < -0.39 is 0 Å². The Hall–Kier alpha value is -6.08. The number of benzene rings is 5. The van der Waals surface area contributed by atoms with E-state index in [1.54, 1.807) is 0 Å². The van der Waals surface area contributed by atoms with Crippen LogP contribution in [0.5, 0.6) is 0 Å². The van der Waals surface area contributed by atoms with Gasteiger partial charge in [-0.2, -0.15) is 9.97 Å². The molecule has 0 atom stereocenters. The van der Waals surface area contributed by atoms with Gasteiger partial charge in [-0.3, -0.25) is 0 Å². The molecular formula is C36H22N6O.